The van der Waals surface area contributed by atoms with Crippen molar-refractivity contribution in [3.05, 3.63) is 0 Å². The third kappa shape index (κ3) is 6.08. The van der Waals surface area contributed by atoms with Gasteiger partial charge in [-0.05, 0) is 37.9 Å². The van der Waals surface area contributed by atoms with Gasteiger partial charge < -0.3 is 5.11 Å². The first kappa shape index (κ1) is 14.8. The van der Waals surface area contributed by atoms with Crippen LogP contribution < -0.4 is 0 Å². The quantitative estimate of drug-likeness (QED) is 0.647. The molecule has 90 valence electrons. The van der Waals surface area contributed by atoms with Crippen LogP contribution in [-0.2, 0) is 4.79 Å². The van der Waals surface area contributed by atoms with Gasteiger partial charge in [0, 0.05) is 0 Å². The summed E-state index contributed by atoms with van der Waals surface area (Å²) in [5.74, 6) is 0.872. The van der Waals surface area contributed by atoms with Crippen LogP contribution in [-0.4, -0.2) is 21.6 Å². The van der Waals surface area contributed by atoms with Crippen LogP contribution in [0.5, 0.6) is 0 Å². The summed E-state index contributed by atoms with van der Waals surface area (Å²) in [6, 6.07) is 0. The molecule has 0 aromatic heterocycles. The smallest absolute Gasteiger partial charge is 0.319 e. The topological polar surface area (TPSA) is 37.3 Å². The minimum Gasteiger partial charge on any atom is -0.480 e. The first-order valence-corrected chi connectivity index (χ1v) is 6.78. The summed E-state index contributed by atoms with van der Waals surface area (Å²) in [6.45, 7) is 8.27. The molecular weight excluding hydrogens is 208 g/mol. The third-order valence-electron chi connectivity index (χ3n) is 2.57. The average Bonchev–Trinajstić information content (AvgIpc) is 2.15. The van der Waals surface area contributed by atoms with E-state index >= 15 is 0 Å². The fourth-order valence-electron chi connectivity index (χ4n) is 1.25. The van der Waals surface area contributed by atoms with Crippen LogP contribution in [0.2, 0.25) is 0 Å². The molecule has 0 radical (unpaired) electrons. The van der Waals surface area contributed by atoms with Crippen molar-refractivity contribution in [2.45, 2.75) is 58.1 Å². The molecule has 1 N–H and O–H groups in total. The van der Waals surface area contributed by atoms with Crippen molar-refractivity contribution in [1.29, 1.82) is 0 Å². The Hall–Kier alpha value is -0.180. The number of hydrogen-bond acceptors (Lipinski definition) is 2. The monoisotopic (exact) mass is 232 g/mol. The molecule has 2 nitrogen and oxygen atoms in total. The molecule has 0 aromatic rings. The Kier molecular flexibility index (Phi) is 7.07. The lowest BCUT2D eigenvalue weighted by atomic mass is 9.99. The van der Waals surface area contributed by atoms with Gasteiger partial charge >= 0.3 is 5.97 Å². The molecule has 0 aromatic carbocycles. The molecule has 0 spiro atoms. The van der Waals surface area contributed by atoms with Gasteiger partial charge in [-0.3, -0.25) is 4.79 Å². The summed E-state index contributed by atoms with van der Waals surface area (Å²) in [7, 11) is 0. The van der Waals surface area contributed by atoms with Crippen molar-refractivity contribution in [2.75, 3.05) is 5.75 Å². The minimum absolute atomic E-state index is 0.579. The second-order valence-electron chi connectivity index (χ2n) is 4.67. The summed E-state index contributed by atoms with van der Waals surface area (Å²) < 4.78 is -0.584. The highest BCUT2D eigenvalue weighted by Gasteiger charge is 2.32. The van der Waals surface area contributed by atoms with Crippen LogP contribution in [0, 0.1) is 5.92 Å². The van der Waals surface area contributed by atoms with Crippen molar-refractivity contribution in [1.82, 2.24) is 0 Å². The largest absolute Gasteiger partial charge is 0.480 e. The van der Waals surface area contributed by atoms with Crippen molar-refractivity contribution in [3.8, 4) is 0 Å². The zero-order chi connectivity index (χ0) is 11.9. The second-order valence-corrected chi connectivity index (χ2v) is 6.27. The number of aliphatic carboxylic acids is 1. The normalized spacial score (nSPS) is 15.3. The molecule has 0 amide bonds. The summed E-state index contributed by atoms with van der Waals surface area (Å²) >= 11 is 1.60. The van der Waals surface area contributed by atoms with Gasteiger partial charge in [0.25, 0.3) is 0 Å². The maximum absolute atomic E-state index is 11.2. The summed E-state index contributed by atoms with van der Waals surface area (Å²) in [5.41, 5.74) is 0. The van der Waals surface area contributed by atoms with E-state index in [-0.39, 0.29) is 0 Å². The van der Waals surface area contributed by atoms with E-state index in [0.717, 1.165) is 31.4 Å². The molecule has 1 atom stereocenters. The van der Waals surface area contributed by atoms with E-state index < -0.39 is 10.7 Å². The Balaban J connectivity index is 4.13. The van der Waals surface area contributed by atoms with Gasteiger partial charge in [-0.25, -0.2) is 0 Å². The maximum atomic E-state index is 11.2. The summed E-state index contributed by atoms with van der Waals surface area (Å²) in [6.07, 6.45) is 4.00. The van der Waals surface area contributed by atoms with Crippen LogP contribution in [0.4, 0.5) is 0 Å². The maximum Gasteiger partial charge on any atom is 0.319 e. The number of carboxylic acid groups (broad SMARTS) is 1. The highest BCUT2D eigenvalue weighted by molar-refractivity contribution is 8.01. The molecule has 0 saturated carbocycles. The van der Waals surface area contributed by atoms with Gasteiger partial charge in [0.05, 0.1) is 0 Å². The van der Waals surface area contributed by atoms with Crippen molar-refractivity contribution in [2.24, 2.45) is 5.92 Å². The van der Waals surface area contributed by atoms with Crippen LogP contribution in [0.1, 0.15) is 53.4 Å². The molecule has 0 rings (SSSR count). The molecule has 0 aliphatic heterocycles. The van der Waals surface area contributed by atoms with Gasteiger partial charge in [0.1, 0.15) is 4.75 Å². The average molecular weight is 232 g/mol. The number of hydrogen-bond donors (Lipinski definition) is 1. The van der Waals surface area contributed by atoms with E-state index in [1.807, 2.05) is 6.92 Å². The lowest BCUT2D eigenvalue weighted by Gasteiger charge is -2.25. The van der Waals surface area contributed by atoms with E-state index in [1.165, 1.54) is 0 Å². The number of carboxylic acids is 1. The van der Waals surface area contributed by atoms with Crippen LogP contribution in [0.3, 0.4) is 0 Å². The molecule has 0 saturated heterocycles. The first-order chi connectivity index (χ1) is 6.92. The lowest BCUT2D eigenvalue weighted by Crippen LogP contribution is -2.32. The Labute approximate surface area is 97.8 Å². The Morgan fingerprint density at radius 2 is 2.07 bits per heavy atom. The van der Waals surface area contributed by atoms with E-state index in [0.29, 0.717) is 5.92 Å². The number of rotatable bonds is 8. The van der Waals surface area contributed by atoms with E-state index in [1.54, 1.807) is 11.8 Å². The standard InChI is InChI=1S/C12H24O2S/c1-5-6-9-15-12(4,11(13)14)8-7-10(2)3/h10H,5-9H2,1-4H3,(H,13,14). The molecule has 0 heterocycles. The number of unbranched alkanes of at least 4 members (excludes halogenated alkanes) is 1. The molecular formula is C12H24O2S. The van der Waals surface area contributed by atoms with Gasteiger partial charge in [-0.1, -0.05) is 27.2 Å². The van der Waals surface area contributed by atoms with Crippen LogP contribution in [0.25, 0.3) is 0 Å². The van der Waals surface area contributed by atoms with Crippen LogP contribution in [0.15, 0.2) is 0 Å². The SMILES string of the molecule is CCCCSC(C)(CCC(C)C)C(=O)O. The van der Waals surface area contributed by atoms with Gasteiger partial charge in [-0.2, -0.15) is 0 Å². The molecule has 0 aliphatic rings. The van der Waals surface area contributed by atoms with E-state index in [9.17, 15) is 9.90 Å². The molecule has 3 heteroatoms. The van der Waals surface area contributed by atoms with Gasteiger partial charge in [0.2, 0.25) is 0 Å². The summed E-state index contributed by atoms with van der Waals surface area (Å²) in [5, 5.41) is 9.22. The molecule has 0 fully saturated rings. The van der Waals surface area contributed by atoms with Crippen molar-refractivity contribution < 1.29 is 9.90 Å². The zero-order valence-electron chi connectivity index (χ0n) is 10.4. The summed E-state index contributed by atoms with van der Waals surface area (Å²) in [4.78, 5) is 11.2. The Bertz CT molecular complexity index is 192. The predicted octanol–water partition coefficient (Wildman–Crippen LogP) is 3.80. The van der Waals surface area contributed by atoms with E-state index in [4.69, 9.17) is 0 Å². The second kappa shape index (κ2) is 7.15. The minimum atomic E-state index is -0.663. The van der Waals surface area contributed by atoms with Crippen molar-refractivity contribution in [3.63, 3.8) is 0 Å². The lowest BCUT2D eigenvalue weighted by molar-refractivity contribution is -0.139. The molecule has 0 bridgehead atoms. The fraction of sp³-hybridized carbons (Fsp3) is 0.917. The van der Waals surface area contributed by atoms with Crippen molar-refractivity contribution >= 4 is 17.7 Å². The highest BCUT2D eigenvalue weighted by atomic mass is 32.2. The van der Waals surface area contributed by atoms with Crippen LogP contribution >= 0.6 is 11.8 Å². The number of thioether (sulfide) groups is 1. The number of carbonyl (C=O) groups is 1. The van der Waals surface area contributed by atoms with E-state index in [2.05, 4.69) is 20.8 Å². The predicted molar refractivity (Wildman–Crippen MR) is 67.5 cm³/mol. The Morgan fingerprint density at radius 1 is 1.47 bits per heavy atom. The molecule has 1 unspecified atom stereocenters. The highest BCUT2D eigenvalue weighted by Crippen LogP contribution is 2.32. The zero-order valence-corrected chi connectivity index (χ0v) is 11.2. The fourth-order valence-corrected chi connectivity index (χ4v) is 2.52. The Morgan fingerprint density at radius 3 is 2.47 bits per heavy atom. The third-order valence-corrected chi connectivity index (χ3v) is 4.08. The van der Waals surface area contributed by atoms with Gasteiger partial charge in [0.15, 0.2) is 0 Å². The molecule has 15 heavy (non-hydrogen) atoms. The molecule has 0 aliphatic carbocycles. The van der Waals surface area contributed by atoms with Gasteiger partial charge in [-0.15, -0.1) is 11.8 Å². The first-order valence-electron chi connectivity index (χ1n) is 5.79.